The Hall–Kier alpha value is -0.573. The molecule has 0 radical (unpaired) electrons. The summed E-state index contributed by atoms with van der Waals surface area (Å²) in [5, 5.41) is 9.25. The number of hydrogen-bond acceptors (Lipinski definition) is 6. The molecule has 0 heterocycles. The molecule has 1 aromatic carbocycles. The van der Waals surface area contributed by atoms with E-state index in [1.165, 1.54) is 17.6 Å². The van der Waals surface area contributed by atoms with E-state index in [0.29, 0.717) is 32.2 Å². The van der Waals surface area contributed by atoms with Gasteiger partial charge in [-0.2, -0.15) is 0 Å². The summed E-state index contributed by atoms with van der Waals surface area (Å²) in [4.78, 5) is 0. The van der Waals surface area contributed by atoms with Crippen LogP contribution in [0.1, 0.15) is 32.8 Å². The van der Waals surface area contributed by atoms with Gasteiger partial charge in [0.1, 0.15) is 5.75 Å². The first-order valence-corrected chi connectivity index (χ1v) is 11.4. The molecule has 0 aliphatic heterocycles. The molecule has 0 aromatic heterocycles. The lowest BCUT2D eigenvalue weighted by atomic mass is 10.2. The topological polar surface area (TPSA) is 57.2 Å². The Bertz CT molecular complexity index is 412. The monoisotopic (exact) mass is 374 g/mol. The van der Waals surface area contributed by atoms with Crippen LogP contribution >= 0.6 is 12.0 Å². The minimum Gasteiger partial charge on any atom is -0.508 e. The minimum atomic E-state index is -2.53. The van der Waals surface area contributed by atoms with E-state index in [0.717, 1.165) is 24.6 Å². The average Bonchev–Trinajstić information content (AvgIpc) is 2.56. The van der Waals surface area contributed by atoms with Crippen molar-refractivity contribution in [2.24, 2.45) is 0 Å². The quantitative estimate of drug-likeness (QED) is 0.301. The second kappa shape index (κ2) is 12.7. The van der Waals surface area contributed by atoms with Gasteiger partial charge in [-0.05, 0) is 63.4 Å². The van der Waals surface area contributed by atoms with Gasteiger partial charge in [0.15, 0.2) is 0 Å². The van der Waals surface area contributed by atoms with Crippen LogP contribution in [0.5, 0.6) is 5.75 Å². The first kappa shape index (κ1) is 21.5. The van der Waals surface area contributed by atoms with Crippen molar-refractivity contribution < 1.29 is 22.6 Å². The Morgan fingerprint density at radius 1 is 0.958 bits per heavy atom. The van der Waals surface area contributed by atoms with Crippen LogP contribution in [-0.2, 0) is 23.9 Å². The molecule has 0 saturated heterocycles. The van der Waals surface area contributed by atoms with E-state index in [4.69, 9.17) is 17.5 Å². The summed E-state index contributed by atoms with van der Waals surface area (Å²) in [6.45, 7) is 8.37. The molecule has 7 heteroatoms. The highest BCUT2D eigenvalue weighted by Gasteiger charge is 2.39. The lowest BCUT2D eigenvalue weighted by Crippen LogP contribution is -2.46. The van der Waals surface area contributed by atoms with E-state index in [2.05, 4.69) is 0 Å². The maximum atomic E-state index is 9.25. The predicted molar refractivity (Wildman–Crippen MR) is 100 cm³/mol. The molecule has 0 saturated carbocycles. The number of aromatic hydroxyl groups is 1. The first-order valence-electron chi connectivity index (χ1n) is 8.60. The zero-order valence-electron chi connectivity index (χ0n) is 15.0. The molecule has 0 aliphatic carbocycles. The van der Waals surface area contributed by atoms with Gasteiger partial charge in [0.25, 0.3) is 0 Å². The lowest BCUT2D eigenvalue weighted by molar-refractivity contribution is 0.0699. The zero-order valence-corrected chi connectivity index (χ0v) is 16.8. The van der Waals surface area contributed by atoms with Crippen LogP contribution in [0, 0.1) is 0 Å². The van der Waals surface area contributed by atoms with Gasteiger partial charge in [-0.3, -0.25) is 0 Å². The largest absolute Gasteiger partial charge is 0.508 e. The maximum absolute atomic E-state index is 9.25. The highest BCUT2D eigenvalue weighted by atomic mass is 32.2. The molecule has 24 heavy (non-hydrogen) atoms. The molecule has 1 rings (SSSR count). The summed E-state index contributed by atoms with van der Waals surface area (Å²) >= 11 is 1.47. The molecule has 0 unspecified atom stereocenters. The van der Waals surface area contributed by atoms with Crippen molar-refractivity contribution in [3.63, 3.8) is 0 Å². The van der Waals surface area contributed by atoms with Gasteiger partial charge in [-0.1, -0.05) is 12.1 Å². The number of rotatable bonds is 14. The second-order valence-corrected chi connectivity index (χ2v) is 8.76. The van der Waals surface area contributed by atoms with Gasteiger partial charge in [-0.15, -0.1) is 0 Å². The number of hydrogen-bond donors (Lipinski definition) is 1. The Morgan fingerprint density at radius 3 is 2.08 bits per heavy atom. The molecular formula is C17H30O5SSi. The Morgan fingerprint density at radius 2 is 1.54 bits per heavy atom. The van der Waals surface area contributed by atoms with Crippen molar-refractivity contribution in [3.05, 3.63) is 29.8 Å². The fourth-order valence-electron chi connectivity index (χ4n) is 2.29. The number of phenolic OH excluding ortho intramolecular Hbond substituents is 1. The summed E-state index contributed by atoms with van der Waals surface area (Å²) in [6.07, 6.45) is 1.78. The fraction of sp³-hybridized carbons (Fsp3) is 0.647. The first-order chi connectivity index (χ1) is 11.7. The average molecular weight is 375 g/mol. The SMILES string of the molecule is CCO[Si](CCCOSCCc1ccc(O)cc1)(OCC)OCC. The highest BCUT2D eigenvalue weighted by Crippen LogP contribution is 2.19. The molecule has 1 aromatic rings. The minimum absolute atomic E-state index is 0.299. The number of aryl methyl sites for hydroxylation is 1. The molecular weight excluding hydrogens is 344 g/mol. The fourth-order valence-corrected chi connectivity index (χ4v) is 5.54. The van der Waals surface area contributed by atoms with Gasteiger partial charge in [0.05, 0.1) is 6.61 Å². The van der Waals surface area contributed by atoms with Gasteiger partial charge in [0, 0.05) is 31.6 Å². The molecule has 0 amide bonds. The highest BCUT2D eigenvalue weighted by molar-refractivity contribution is 7.94. The number of phenols is 1. The third-order valence-corrected chi connectivity index (χ3v) is 7.15. The van der Waals surface area contributed by atoms with E-state index >= 15 is 0 Å². The van der Waals surface area contributed by atoms with E-state index in [1.54, 1.807) is 12.1 Å². The van der Waals surface area contributed by atoms with E-state index in [1.807, 2.05) is 32.9 Å². The van der Waals surface area contributed by atoms with E-state index in [-0.39, 0.29) is 0 Å². The van der Waals surface area contributed by atoms with E-state index < -0.39 is 8.80 Å². The summed E-state index contributed by atoms with van der Waals surface area (Å²) < 4.78 is 23.1. The van der Waals surface area contributed by atoms with Crippen LogP contribution in [0.15, 0.2) is 24.3 Å². The zero-order chi connectivity index (χ0) is 17.7. The summed E-state index contributed by atoms with van der Waals surface area (Å²) in [5.74, 6) is 1.18. The van der Waals surface area contributed by atoms with Crippen LogP contribution < -0.4 is 0 Å². The van der Waals surface area contributed by atoms with Crippen molar-refractivity contribution in [1.29, 1.82) is 0 Å². The van der Waals surface area contributed by atoms with Crippen molar-refractivity contribution in [3.8, 4) is 5.75 Å². The molecule has 0 bridgehead atoms. The molecule has 0 fully saturated rings. The van der Waals surface area contributed by atoms with Crippen LogP contribution in [0.25, 0.3) is 0 Å². The second-order valence-electron chi connectivity index (χ2n) is 5.15. The van der Waals surface area contributed by atoms with Crippen molar-refractivity contribution >= 4 is 20.8 Å². The van der Waals surface area contributed by atoms with Gasteiger partial charge in [-0.25, -0.2) is 0 Å². The Kier molecular flexibility index (Phi) is 11.4. The summed E-state index contributed by atoms with van der Waals surface area (Å²) in [7, 11) is -2.53. The molecule has 5 nitrogen and oxygen atoms in total. The maximum Gasteiger partial charge on any atom is 0.501 e. The van der Waals surface area contributed by atoms with Crippen molar-refractivity contribution in [1.82, 2.24) is 0 Å². The van der Waals surface area contributed by atoms with Gasteiger partial charge >= 0.3 is 8.80 Å². The third-order valence-electron chi connectivity index (χ3n) is 3.30. The summed E-state index contributed by atoms with van der Waals surface area (Å²) in [5.41, 5.74) is 1.19. The lowest BCUT2D eigenvalue weighted by Gasteiger charge is -2.28. The Labute approximate surface area is 151 Å². The normalized spacial score (nSPS) is 11.8. The standard InChI is InChI=1S/C17H30O5SSi/c1-4-20-24(21-5-2,22-6-3)15-7-13-19-23-14-12-16-8-10-17(18)11-9-16/h8-11,18H,4-7,12-15H2,1-3H3. The third kappa shape index (κ3) is 8.50. The molecule has 138 valence electrons. The molecule has 0 aliphatic rings. The molecule has 1 N–H and O–H groups in total. The van der Waals surface area contributed by atoms with Crippen LogP contribution in [0.3, 0.4) is 0 Å². The predicted octanol–water partition coefficient (Wildman–Crippen LogP) is 4.04. The van der Waals surface area contributed by atoms with Crippen LogP contribution in [0.2, 0.25) is 6.04 Å². The smallest absolute Gasteiger partial charge is 0.501 e. The van der Waals surface area contributed by atoms with Crippen molar-refractivity contribution in [2.75, 3.05) is 32.2 Å². The Balaban J connectivity index is 2.19. The number of benzene rings is 1. The molecule has 0 spiro atoms. The van der Waals surface area contributed by atoms with Crippen LogP contribution in [-0.4, -0.2) is 46.1 Å². The van der Waals surface area contributed by atoms with Gasteiger partial charge in [0.2, 0.25) is 0 Å². The van der Waals surface area contributed by atoms with Crippen molar-refractivity contribution in [2.45, 2.75) is 39.7 Å². The van der Waals surface area contributed by atoms with Gasteiger partial charge < -0.3 is 22.6 Å². The summed E-state index contributed by atoms with van der Waals surface area (Å²) in [6, 6.07) is 8.06. The van der Waals surface area contributed by atoms with Crippen LogP contribution in [0.4, 0.5) is 0 Å². The molecule has 0 atom stereocenters. The van der Waals surface area contributed by atoms with E-state index in [9.17, 15) is 5.11 Å².